The molecule has 23 heavy (non-hydrogen) atoms. The molecule has 4 heteroatoms. The zero-order valence-electron chi connectivity index (χ0n) is 12.7. The van der Waals surface area contributed by atoms with Crippen molar-refractivity contribution in [1.82, 2.24) is 0 Å². The van der Waals surface area contributed by atoms with Gasteiger partial charge in [-0.3, -0.25) is 0 Å². The first kappa shape index (κ1) is 15.5. The standard InChI is InChI=1S/C19H17NO2S/c1-14-10-12-15(13-11-14)16-6-2-3-7-17(16)18-8-4-5-9-19(18)23(20,21)22/h2-13H,1H3,(H2,20,21,22). The van der Waals surface area contributed by atoms with Gasteiger partial charge in [-0.1, -0.05) is 72.3 Å². The molecule has 3 nitrogen and oxygen atoms in total. The van der Waals surface area contributed by atoms with Crippen LogP contribution in [0.3, 0.4) is 0 Å². The second-order valence-electron chi connectivity index (χ2n) is 5.45. The number of primary sulfonamides is 1. The second kappa shape index (κ2) is 5.99. The molecule has 3 aromatic rings. The molecule has 0 fully saturated rings. The lowest BCUT2D eigenvalue weighted by molar-refractivity contribution is 0.598. The highest BCUT2D eigenvalue weighted by atomic mass is 32.2. The number of sulfonamides is 1. The fourth-order valence-electron chi connectivity index (χ4n) is 2.64. The number of rotatable bonds is 3. The van der Waals surface area contributed by atoms with Gasteiger partial charge in [-0.05, 0) is 29.7 Å². The summed E-state index contributed by atoms with van der Waals surface area (Å²) >= 11 is 0. The summed E-state index contributed by atoms with van der Waals surface area (Å²) in [5, 5.41) is 5.38. The molecular weight excluding hydrogens is 306 g/mol. The van der Waals surface area contributed by atoms with Crippen LogP contribution in [0.2, 0.25) is 0 Å². The van der Waals surface area contributed by atoms with Crippen LogP contribution in [0.1, 0.15) is 5.56 Å². The number of nitrogens with two attached hydrogens (primary N) is 1. The molecule has 0 spiro atoms. The minimum Gasteiger partial charge on any atom is -0.225 e. The molecule has 0 aromatic heterocycles. The zero-order chi connectivity index (χ0) is 16.4. The van der Waals surface area contributed by atoms with E-state index in [2.05, 4.69) is 0 Å². The number of benzene rings is 3. The SMILES string of the molecule is Cc1ccc(-c2ccccc2-c2ccccc2S(N)(=O)=O)cc1. The molecule has 0 atom stereocenters. The minimum atomic E-state index is -3.79. The Balaban J connectivity index is 2.26. The van der Waals surface area contributed by atoms with Crippen LogP contribution in [0.4, 0.5) is 0 Å². The average Bonchev–Trinajstić information content (AvgIpc) is 2.55. The summed E-state index contributed by atoms with van der Waals surface area (Å²) < 4.78 is 23.8. The van der Waals surface area contributed by atoms with Gasteiger partial charge in [0.25, 0.3) is 0 Å². The van der Waals surface area contributed by atoms with Gasteiger partial charge in [-0.25, -0.2) is 13.6 Å². The molecule has 0 aliphatic carbocycles. The second-order valence-corrected chi connectivity index (χ2v) is 6.98. The van der Waals surface area contributed by atoms with Crippen molar-refractivity contribution in [2.75, 3.05) is 0 Å². The van der Waals surface area contributed by atoms with Gasteiger partial charge >= 0.3 is 0 Å². The van der Waals surface area contributed by atoms with E-state index >= 15 is 0 Å². The highest BCUT2D eigenvalue weighted by molar-refractivity contribution is 7.89. The van der Waals surface area contributed by atoms with Crippen LogP contribution in [0.25, 0.3) is 22.3 Å². The Morgan fingerprint density at radius 2 is 1.22 bits per heavy atom. The average molecular weight is 323 g/mol. The summed E-state index contributed by atoms with van der Waals surface area (Å²) in [6.07, 6.45) is 0. The van der Waals surface area contributed by atoms with Crippen molar-refractivity contribution in [2.45, 2.75) is 11.8 Å². The maximum absolute atomic E-state index is 11.9. The Bertz CT molecular complexity index is 945. The van der Waals surface area contributed by atoms with Crippen LogP contribution in [-0.2, 0) is 10.0 Å². The summed E-state index contributed by atoms with van der Waals surface area (Å²) in [5.74, 6) is 0. The Morgan fingerprint density at radius 3 is 1.83 bits per heavy atom. The van der Waals surface area contributed by atoms with E-state index in [-0.39, 0.29) is 4.90 Å². The molecule has 0 aliphatic rings. The van der Waals surface area contributed by atoms with Gasteiger partial charge in [-0.15, -0.1) is 0 Å². The summed E-state index contributed by atoms with van der Waals surface area (Å²) in [6, 6.07) is 22.7. The molecule has 0 aliphatic heterocycles. The van der Waals surface area contributed by atoms with Gasteiger partial charge in [0, 0.05) is 5.56 Å². The summed E-state index contributed by atoms with van der Waals surface area (Å²) in [4.78, 5) is 0.138. The van der Waals surface area contributed by atoms with E-state index in [1.54, 1.807) is 12.1 Å². The molecule has 0 radical (unpaired) electrons. The third-order valence-electron chi connectivity index (χ3n) is 3.77. The van der Waals surface area contributed by atoms with Crippen molar-refractivity contribution < 1.29 is 8.42 Å². The smallest absolute Gasteiger partial charge is 0.225 e. The van der Waals surface area contributed by atoms with Crippen LogP contribution < -0.4 is 5.14 Å². The molecule has 2 N–H and O–H groups in total. The van der Waals surface area contributed by atoms with E-state index in [0.29, 0.717) is 5.56 Å². The Morgan fingerprint density at radius 1 is 0.696 bits per heavy atom. The molecule has 0 heterocycles. The van der Waals surface area contributed by atoms with Crippen molar-refractivity contribution >= 4 is 10.0 Å². The van der Waals surface area contributed by atoms with Gasteiger partial charge in [0.2, 0.25) is 10.0 Å². The van der Waals surface area contributed by atoms with Crippen molar-refractivity contribution in [3.05, 3.63) is 78.4 Å². The molecule has 0 bridgehead atoms. The molecule has 0 saturated carbocycles. The van der Waals surface area contributed by atoms with Crippen LogP contribution >= 0.6 is 0 Å². The maximum atomic E-state index is 11.9. The fourth-order valence-corrected chi connectivity index (χ4v) is 3.39. The highest BCUT2D eigenvalue weighted by Crippen LogP contribution is 2.35. The van der Waals surface area contributed by atoms with Gasteiger partial charge in [0.15, 0.2) is 0 Å². The monoisotopic (exact) mass is 323 g/mol. The quantitative estimate of drug-likeness (QED) is 0.792. The lowest BCUT2D eigenvalue weighted by Crippen LogP contribution is -2.13. The van der Waals surface area contributed by atoms with Crippen LogP contribution in [0.5, 0.6) is 0 Å². The summed E-state index contributed by atoms with van der Waals surface area (Å²) in [6.45, 7) is 2.03. The van der Waals surface area contributed by atoms with E-state index in [9.17, 15) is 8.42 Å². The predicted octanol–water partition coefficient (Wildman–Crippen LogP) is 3.98. The number of hydrogen-bond donors (Lipinski definition) is 1. The Hall–Kier alpha value is -2.43. The van der Waals surface area contributed by atoms with Crippen molar-refractivity contribution in [3.8, 4) is 22.3 Å². The summed E-state index contributed by atoms with van der Waals surface area (Å²) in [7, 11) is -3.79. The first-order valence-corrected chi connectivity index (χ1v) is 8.80. The molecule has 0 saturated heterocycles. The van der Waals surface area contributed by atoms with Gasteiger partial charge in [-0.2, -0.15) is 0 Å². The topological polar surface area (TPSA) is 60.2 Å². The number of hydrogen-bond acceptors (Lipinski definition) is 2. The summed E-state index contributed by atoms with van der Waals surface area (Å²) in [5.41, 5.74) is 4.65. The molecule has 116 valence electrons. The third kappa shape index (κ3) is 3.18. The lowest BCUT2D eigenvalue weighted by atomic mass is 9.94. The maximum Gasteiger partial charge on any atom is 0.238 e. The largest absolute Gasteiger partial charge is 0.238 e. The Kier molecular flexibility index (Phi) is 4.03. The van der Waals surface area contributed by atoms with Crippen molar-refractivity contribution in [1.29, 1.82) is 0 Å². The van der Waals surface area contributed by atoms with E-state index in [1.165, 1.54) is 11.6 Å². The molecular formula is C19H17NO2S. The van der Waals surface area contributed by atoms with E-state index in [1.807, 2.05) is 61.5 Å². The fraction of sp³-hybridized carbons (Fsp3) is 0.0526. The lowest BCUT2D eigenvalue weighted by Gasteiger charge is -2.13. The minimum absolute atomic E-state index is 0.138. The van der Waals surface area contributed by atoms with E-state index < -0.39 is 10.0 Å². The molecule has 0 unspecified atom stereocenters. The Labute approximate surface area is 136 Å². The first-order chi connectivity index (χ1) is 11.0. The van der Waals surface area contributed by atoms with Gasteiger partial charge < -0.3 is 0 Å². The predicted molar refractivity (Wildman–Crippen MR) is 93.4 cm³/mol. The highest BCUT2D eigenvalue weighted by Gasteiger charge is 2.17. The van der Waals surface area contributed by atoms with E-state index in [4.69, 9.17) is 5.14 Å². The van der Waals surface area contributed by atoms with Crippen LogP contribution in [0.15, 0.2) is 77.7 Å². The molecule has 0 amide bonds. The third-order valence-corrected chi connectivity index (χ3v) is 4.74. The van der Waals surface area contributed by atoms with Crippen molar-refractivity contribution in [2.24, 2.45) is 5.14 Å². The number of aryl methyl sites for hydroxylation is 1. The van der Waals surface area contributed by atoms with Gasteiger partial charge in [0.05, 0.1) is 4.90 Å². The van der Waals surface area contributed by atoms with Crippen molar-refractivity contribution in [3.63, 3.8) is 0 Å². The first-order valence-electron chi connectivity index (χ1n) is 7.25. The zero-order valence-corrected chi connectivity index (χ0v) is 13.5. The van der Waals surface area contributed by atoms with Crippen LogP contribution in [-0.4, -0.2) is 8.42 Å². The van der Waals surface area contributed by atoms with Gasteiger partial charge in [0.1, 0.15) is 0 Å². The van der Waals surface area contributed by atoms with Crippen LogP contribution in [0, 0.1) is 6.92 Å². The normalized spacial score (nSPS) is 11.4. The molecule has 3 aromatic carbocycles. The van der Waals surface area contributed by atoms with E-state index in [0.717, 1.165) is 16.7 Å². The molecule has 3 rings (SSSR count).